The lowest BCUT2D eigenvalue weighted by molar-refractivity contribution is 0.277. The molecule has 3 heterocycles. The van der Waals surface area contributed by atoms with Crippen molar-refractivity contribution in [1.82, 2.24) is 19.1 Å². The Balaban J connectivity index is 1.37. The molecule has 4 aromatic rings. The highest BCUT2D eigenvalue weighted by Gasteiger charge is 2.34. The Morgan fingerprint density at radius 3 is 2.92 bits per heavy atom. The molecule has 0 amide bonds. The first-order valence-corrected chi connectivity index (χ1v) is 8.45. The second kappa shape index (κ2) is 5.42. The Bertz CT molecular complexity index is 1150. The zero-order valence-electron chi connectivity index (χ0n) is 14.0. The van der Waals surface area contributed by atoms with E-state index in [0.717, 1.165) is 30.1 Å². The van der Waals surface area contributed by atoms with Crippen LogP contribution in [0.1, 0.15) is 18.9 Å². The molecule has 1 N–H and O–H groups in total. The van der Waals surface area contributed by atoms with Crippen molar-refractivity contribution in [3.8, 4) is 0 Å². The second-order valence-corrected chi connectivity index (χ2v) is 6.66. The largest absolute Gasteiger partial charge is 0.424 e. The van der Waals surface area contributed by atoms with Gasteiger partial charge in [0.15, 0.2) is 11.2 Å². The molecule has 3 aromatic heterocycles. The van der Waals surface area contributed by atoms with E-state index in [0.29, 0.717) is 17.2 Å². The van der Waals surface area contributed by atoms with Crippen molar-refractivity contribution >= 4 is 28.3 Å². The number of halogens is 1. The fourth-order valence-electron chi connectivity index (χ4n) is 3.56. The van der Waals surface area contributed by atoms with Crippen LogP contribution in [0.5, 0.6) is 0 Å². The quantitative estimate of drug-likeness (QED) is 0.613. The number of aromatic nitrogens is 4. The average Bonchev–Trinajstić information content (AvgIpc) is 3.11. The lowest BCUT2D eigenvalue weighted by Gasteiger charge is -2.35. The molecule has 0 saturated heterocycles. The van der Waals surface area contributed by atoms with E-state index in [2.05, 4.69) is 15.3 Å². The second-order valence-electron chi connectivity index (χ2n) is 6.66. The van der Waals surface area contributed by atoms with E-state index in [1.54, 1.807) is 11.6 Å². The van der Waals surface area contributed by atoms with E-state index < -0.39 is 5.82 Å². The van der Waals surface area contributed by atoms with E-state index >= 15 is 0 Å². The van der Waals surface area contributed by atoms with Gasteiger partial charge in [0.2, 0.25) is 0 Å². The van der Waals surface area contributed by atoms with E-state index in [4.69, 9.17) is 4.42 Å². The SMILES string of the molecule is Cn1c(=O)n(C2CC(Nc3nc4ccccc4o3)C2)c2ncc(F)cc21. The van der Waals surface area contributed by atoms with Gasteiger partial charge in [-0.3, -0.25) is 9.13 Å². The molecule has 5 rings (SSSR count). The molecule has 0 unspecified atom stereocenters. The first-order chi connectivity index (χ1) is 12.6. The highest BCUT2D eigenvalue weighted by molar-refractivity contribution is 5.74. The Morgan fingerprint density at radius 1 is 1.31 bits per heavy atom. The number of oxazole rings is 1. The predicted molar refractivity (Wildman–Crippen MR) is 94.6 cm³/mol. The third kappa shape index (κ3) is 2.22. The highest BCUT2D eigenvalue weighted by Crippen LogP contribution is 2.35. The number of aryl methyl sites for hydroxylation is 1. The molecule has 8 heteroatoms. The van der Waals surface area contributed by atoms with Crippen LogP contribution in [0.2, 0.25) is 0 Å². The summed E-state index contributed by atoms with van der Waals surface area (Å²) in [5, 5.41) is 3.27. The summed E-state index contributed by atoms with van der Waals surface area (Å²) in [5.41, 5.74) is 2.39. The van der Waals surface area contributed by atoms with Gasteiger partial charge in [-0.05, 0) is 25.0 Å². The summed E-state index contributed by atoms with van der Waals surface area (Å²) < 4.78 is 22.2. The maximum absolute atomic E-state index is 13.4. The van der Waals surface area contributed by atoms with Crippen LogP contribution in [0.4, 0.5) is 10.4 Å². The van der Waals surface area contributed by atoms with Crippen molar-refractivity contribution < 1.29 is 8.81 Å². The third-order valence-corrected chi connectivity index (χ3v) is 5.00. The number of rotatable bonds is 3. The number of para-hydroxylation sites is 2. The van der Waals surface area contributed by atoms with E-state index in [9.17, 15) is 9.18 Å². The standard InChI is InChI=1S/C18H16FN5O2/c1-23-14-6-10(19)9-20-16(14)24(18(23)25)12-7-11(8-12)21-17-22-13-4-2-3-5-15(13)26-17/h2-6,9,11-12H,7-8H2,1H3,(H,21,22). The zero-order chi connectivity index (χ0) is 17.8. The van der Waals surface area contributed by atoms with E-state index in [1.165, 1.54) is 10.6 Å². The van der Waals surface area contributed by atoms with Crippen LogP contribution >= 0.6 is 0 Å². The summed E-state index contributed by atoms with van der Waals surface area (Å²) in [6.07, 6.45) is 2.64. The number of imidazole rings is 1. The summed E-state index contributed by atoms with van der Waals surface area (Å²) in [6, 6.07) is 9.59. The first kappa shape index (κ1) is 15.1. The fraction of sp³-hybridized carbons (Fsp3) is 0.278. The molecule has 1 aliphatic rings. The van der Waals surface area contributed by atoms with Crippen LogP contribution in [0, 0.1) is 5.82 Å². The van der Waals surface area contributed by atoms with Crippen LogP contribution in [0.3, 0.4) is 0 Å². The zero-order valence-corrected chi connectivity index (χ0v) is 14.0. The first-order valence-electron chi connectivity index (χ1n) is 8.45. The van der Waals surface area contributed by atoms with Gasteiger partial charge in [0.1, 0.15) is 11.3 Å². The molecule has 1 aromatic carbocycles. The molecule has 0 radical (unpaired) electrons. The van der Waals surface area contributed by atoms with Gasteiger partial charge in [0, 0.05) is 25.2 Å². The summed E-state index contributed by atoms with van der Waals surface area (Å²) in [6.45, 7) is 0. The monoisotopic (exact) mass is 353 g/mol. The van der Waals surface area contributed by atoms with Crippen molar-refractivity contribution in [1.29, 1.82) is 0 Å². The molecule has 0 aliphatic heterocycles. The third-order valence-electron chi connectivity index (χ3n) is 5.00. The van der Waals surface area contributed by atoms with Crippen molar-refractivity contribution in [3.05, 3.63) is 52.8 Å². The summed E-state index contributed by atoms with van der Waals surface area (Å²) >= 11 is 0. The molecular formula is C18H16FN5O2. The van der Waals surface area contributed by atoms with Crippen LogP contribution in [-0.2, 0) is 7.05 Å². The van der Waals surface area contributed by atoms with Crippen molar-refractivity contribution in [2.75, 3.05) is 5.32 Å². The normalized spacial score (nSPS) is 19.8. The number of nitrogens with one attached hydrogen (secondary N) is 1. The van der Waals surface area contributed by atoms with Crippen LogP contribution < -0.4 is 11.0 Å². The number of nitrogens with zero attached hydrogens (tertiary/aromatic N) is 4. The van der Waals surface area contributed by atoms with Gasteiger partial charge in [0.25, 0.3) is 6.01 Å². The molecule has 0 bridgehead atoms. The number of anilines is 1. The van der Waals surface area contributed by atoms with E-state index in [1.807, 2.05) is 24.3 Å². The van der Waals surface area contributed by atoms with Gasteiger partial charge >= 0.3 is 5.69 Å². The lowest BCUT2D eigenvalue weighted by Crippen LogP contribution is -2.41. The molecular weight excluding hydrogens is 337 g/mol. The molecule has 132 valence electrons. The molecule has 1 saturated carbocycles. The molecule has 1 aliphatic carbocycles. The topological polar surface area (TPSA) is 77.9 Å². The van der Waals surface area contributed by atoms with E-state index in [-0.39, 0.29) is 17.8 Å². The van der Waals surface area contributed by atoms with Gasteiger partial charge in [0.05, 0.1) is 11.7 Å². The molecule has 1 fully saturated rings. The van der Waals surface area contributed by atoms with Crippen LogP contribution in [-0.4, -0.2) is 25.1 Å². The average molecular weight is 353 g/mol. The summed E-state index contributed by atoms with van der Waals surface area (Å²) in [4.78, 5) is 21.1. The molecule has 7 nitrogen and oxygen atoms in total. The van der Waals surface area contributed by atoms with Gasteiger partial charge < -0.3 is 9.73 Å². The summed E-state index contributed by atoms with van der Waals surface area (Å²) in [5.74, 6) is -0.450. The van der Waals surface area contributed by atoms with Gasteiger partial charge in [-0.2, -0.15) is 4.98 Å². The fourth-order valence-corrected chi connectivity index (χ4v) is 3.56. The van der Waals surface area contributed by atoms with Crippen molar-refractivity contribution in [2.45, 2.75) is 24.9 Å². The number of hydrogen-bond acceptors (Lipinski definition) is 5. The molecule has 0 atom stereocenters. The maximum atomic E-state index is 13.4. The van der Waals surface area contributed by atoms with Gasteiger partial charge in [-0.25, -0.2) is 14.2 Å². The Morgan fingerprint density at radius 2 is 2.12 bits per heavy atom. The minimum atomic E-state index is -0.450. The summed E-state index contributed by atoms with van der Waals surface area (Å²) in [7, 11) is 1.63. The van der Waals surface area contributed by atoms with Crippen LogP contribution in [0.15, 0.2) is 45.7 Å². The minimum Gasteiger partial charge on any atom is -0.424 e. The lowest BCUT2D eigenvalue weighted by atomic mass is 9.86. The van der Waals surface area contributed by atoms with Crippen molar-refractivity contribution in [3.63, 3.8) is 0 Å². The number of pyridine rings is 1. The van der Waals surface area contributed by atoms with Gasteiger partial charge in [-0.1, -0.05) is 12.1 Å². The Kier molecular flexibility index (Phi) is 3.15. The molecule has 26 heavy (non-hydrogen) atoms. The smallest absolute Gasteiger partial charge is 0.330 e. The predicted octanol–water partition coefficient (Wildman–Crippen LogP) is 2.83. The van der Waals surface area contributed by atoms with Crippen molar-refractivity contribution in [2.24, 2.45) is 7.05 Å². The maximum Gasteiger partial charge on any atom is 0.330 e. The Hall–Kier alpha value is -3.16. The molecule has 0 spiro atoms. The minimum absolute atomic E-state index is 0.0195. The highest BCUT2D eigenvalue weighted by atomic mass is 19.1. The van der Waals surface area contributed by atoms with Gasteiger partial charge in [-0.15, -0.1) is 0 Å². The number of benzene rings is 1. The van der Waals surface area contributed by atoms with Crippen LogP contribution in [0.25, 0.3) is 22.3 Å². The Labute approximate surface area is 147 Å². The number of fused-ring (bicyclic) bond motifs is 2. The number of hydrogen-bond donors (Lipinski definition) is 1.